The molecule has 69 heavy (non-hydrogen) atoms. The van der Waals surface area contributed by atoms with Crippen molar-refractivity contribution in [2.75, 3.05) is 0 Å². The topological polar surface area (TPSA) is 26.0 Å². The van der Waals surface area contributed by atoms with Gasteiger partial charge in [0.25, 0.3) is 5.88 Å². The fourth-order valence-corrected chi connectivity index (χ4v) is 7.58. The fourth-order valence-electron chi connectivity index (χ4n) is 7.58. The van der Waals surface area contributed by atoms with E-state index in [1.165, 1.54) is 10.9 Å². The molecule has 7 aromatic carbocycles. The maximum atomic E-state index is 15.4. The van der Waals surface area contributed by atoms with Crippen LogP contribution in [0.1, 0.15) is 5.56 Å². The van der Waals surface area contributed by atoms with E-state index in [1.54, 1.807) is 6.20 Å². The van der Waals surface area contributed by atoms with Crippen LogP contribution in [0.15, 0.2) is 91.4 Å². The molecule has 0 atom stereocenters. The number of fused-ring (bicyclic) bond motifs is 1. The van der Waals surface area contributed by atoms with Gasteiger partial charge in [-0.25, -0.2) is 92.8 Å². The number of benzene rings is 7. The summed E-state index contributed by atoms with van der Waals surface area (Å²) in [6, 6.07) is 24.6. The average Bonchev–Trinajstić information content (AvgIpc) is 3.34. The van der Waals surface area contributed by atoms with Crippen LogP contribution in [0.3, 0.4) is 0 Å². The van der Waals surface area contributed by atoms with Gasteiger partial charge in [0.05, 0.1) is 6.20 Å². The molecular formula is C45H17BF20N2O. The van der Waals surface area contributed by atoms with E-state index < -0.39 is 144 Å². The second-order valence-electron chi connectivity index (χ2n) is 14.5. The van der Waals surface area contributed by atoms with Gasteiger partial charge in [-0.15, -0.1) is 21.9 Å². The molecule has 0 fully saturated rings. The Labute approximate surface area is 372 Å². The highest BCUT2D eigenvalue weighted by Gasteiger charge is 2.52. The van der Waals surface area contributed by atoms with Gasteiger partial charge in [0.1, 0.15) is 58.4 Å². The number of rotatable bonds is 8. The monoisotopic (exact) mass is 992 g/mol. The summed E-state index contributed by atoms with van der Waals surface area (Å²) in [5.41, 5.74) is -13.1. The van der Waals surface area contributed by atoms with Crippen LogP contribution in [-0.2, 0) is 6.54 Å². The molecule has 0 aliphatic carbocycles. The highest BCUT2D eigenvalue weighted by atomic mass is 19.2. The second kappa shape index (κ2) is 18.8. The Morgan fingerprint density at radius 3 is 1.09 bits per heavy atom. The van der Waals surface area contributed by atoms with Gasteiger partial charge >= 0.3 is 0 Å². The van der Waals surface area contributed by atoms with Crippen LogP contribution >= 0.6 is 0 Å². The molecular weight excluding hydrogens is 975 g/mol. The van der Waals surface area contributed by atoms with Crippen LogP contribution in [-0.4, -0.2) is 11.1 Å². The molecule has 3 nitrogen and oxygen atoms in total. The minimum absolute atomic E-state index is 0.587. The third kappa shape index (κ3) is 8.19. The molecule has 0 saturated carbocycles. The van der Waals surface area contributed by atoms with Gasteiger partial charge in [-0.3, -0.25) is 0 Å². The second-order valence-corrected chi connectivity index (χ2v) is 14.5. The van der Waals surface area contributed by atoms with Crippen molar-refractivity contribution in [1.82, 2.24) is 4.98 Å². The quantitative estimate of drug-likeness (QED) is 0.0499. The largest absolute Gasteiger partial charge is 0.434 e. The van der Waals surface area contributed by atoms with E-state index in [0.717, 1.165) is 17.7 Å². The number of aromatic nitrogens is 2. The molecule has 0 saturated heterocycles. The van der Waals surface area contributed by atoms with Gasteiger partial charge in [0, 0.05) is 5.56 Å². The molecule has 0 radical (unpaired) electrons. The average molecular weight is 992 g/mol. The zero-order valence-electron chi connectivity index (χ0n) is 33.3. The Kier molecular flexibility index (Phi) is 13.4. The summed E-state index contributed by atoms with van der Waals surface area (Å²) in [5, 5.41) is 2.35. The Morgan fingerprint density at radius 1 is 0.377 bits per heavy atom. The summed E-state index contributed by atoms with van der Waals surface area (Å²) in [6.07, 6.45) is -1.59. The predicted molar refractivity (Wildman–Crippen MR) is 203 cm³/mol. The molecule has 8 rings (SSSR count). The molecule has 0 bridgehead atoms. The Morgan fingerprint density at radius 2 is 0.710 bits per heavy atom. The molecule has 0 unspecified atom stereocenters. The highest BCUT2D eigenvalue weighted by molar-refractivity contribution is 7.20. The maximum absolute atomic E-state index is 15.4. The first-order chi connectivity index (χ1) is 32.6. The van der Waals surface area contributed by atoms with Crippen LogP contribution in [0.2, 0.25) is 0 Å². The van der Waals surface area contributed by atoms with Crippen molar-refractivity contribution < 1.29 is 97.1 Å². The van der Waals surface area contributed by atoms with Crippen LogP contribution in [0.5, 0.6) is 11.6 Å². The van der Waals surface area contributed by atoms with Gasteiger partial charge in [-0.05, 0) is 22.9 Å². The Hall–Kier alpha value is -7.66. The van der Waals surface area contributed by atoms with E-state index in [4.69, 9.17) is 4.74 Å². The van der Waals surface area contributed by atoms with Crippen LogP contribution in [0.25, 0.3) is 10.8 Å². The highest BCUT2D eigenvalue weighted by Crippen LogP contribution is 2.31. The first-order valence-corrected chi connectivity index (χ1v) is 18.9. The standard InChI is InChI=1S/C24BF20.C21H17N2O/c26-5-1(6(27)14(35)21(42)13(5)34)25(2-7(28)15(36)22(43)16(37)8(2)29,3-9(30)17(38)23(44)18(39)10(3)31)4-11(32)19(40)24(45)20(41)12(4)33;1-2-6-17(7-3-1)15-23-13-12-22-21(16-23)24-20-11-10-18-8-4-5-9-19(18)14-20/h;1-14,16H,15H2/q-1;+1. The number of halogens is 20. The van der Waals surface area contributed by atoms with Crippen molar-refractivity contribution in [3.8, 4) is 11.6 Å². The van der Waals surface area contributed by atoms with Crippen LogP contribution in [0, 0.1) is 116 Å². The van der Waals surface area contributed by atoms with E-state index in [2.05, 4.69) is 39.9 Å². The van der Waals surface area contributed by atoms with E-state index in [9.17, 15) is 52.7 Å². The minimum Gasteiger partial charge on any atom is -0.434 e. The van der Waals surface area contributed by atoms with Crippen molar-refractivity contribution in [1.29, 1.82) is 0 Å². The molecule has 0 spiro atoms. The lowest BCUT2D eigenvalue weighted by molar-refractivity contribution is -0.689. The first kappa shape index (κ1) is 49.3. The number of nitrogens with zero attached hydrogens (tertiary/aromatic N) is 2. The smallest absolute Gasteiger partial charge is 0.285 e. The third-order valence-corrected chi connectivity index (χ3v) is 10.6. The van der Waals surface area contributed by atoms with Crippen molar-refractivity contribution >= 4 is 38.8 Å². The Balaban J connectivity index is 0.000000244. The summed E-state index contributed by atoms with van der Waals surface area (Å²) in [5.74, 6) is -70.0. The minimum atomic E-state index is -7.22. The lowest BCUT2D eigenvalue weighted by Crippen LogP contribution is -2.81. The van der Waals surface area contributed by atoms with E-state index in [0.29, 0.717) is 5.88 Å². The molecule has 0 aliphatic heterocycles. The normalized spacial score (nSPS) is 11.5. The fraction of sp³-hybridized carbons (Fsp3) is 0.0222. The molecule has 0 aliphatic rings. The van der Waals surface area contributed by atoms with E-state index in [-0.39, 0.29) is 0 Å². The summed E-state index contributed by atoms with van der Waals surface area (Å²) < 4.78 is 302. The van der Waals surface area contributed by atoms with Gasteiger partial charge in [0.15, 0.2) is 82.5 Å². The van der Waals surface area contributed by atoms with Gasteiger partial charge in [0.2, 0.25) is 6.20 Å². The lowest BCUT2D eigenvalue weighted by atomic mass is 9.12. The summed E-state index contributed by atoms with van der Waals surface area (Å²) in [7, 11) is 0. The zero-order chi connectivity index (χ0) is 50.5. The molecule has 1 aromatic heterocycles. The summed E-state index contributed by atoms with van der Waals surface area (Å²) in [6.45, 7) is 0.789. The third-order valence-electron chi connectivity index (χ3n) is 10.6. The van der Waals surface area contributed by atoms with Crippen molar-refractivity contribution in [3.05, 3.63) is 213 Å². The molecule has 0 N–H and O–H groups in total. The molecule has 8 aromatic rings. The van der Waals surface area contributed by atoms with Crippen molar-refractivity contribution in [2.24, 2.45) is 0 Å². The van der Waals surface area contributed by atoms with Gasteiger partial charge < -0.3 is 4.74 Å². The zero-order valence-corrected chi connectivity index (χ0v) is 33.3. The lowest BCUT2D eigenvalue weighted by Gasteiger charge is -2.44. The molecule has 356 valence electrons. The van der Waals surface area contributed by atoms with Crippen molar-refractivity contribution in [2.45, 2.75) is 6.54 Å². The number of ether oxygens (including phenoxy) is 1. The van der Waals surface area contributed by atoms with E-state index >= 15 is 35.1 Å². The van der Waals surface area contributed by atoms with Crippen LogP contribution < -0.4 is 31.2 Å². The van der Waals surface area contributed by atoms with Crippen molar-refractivity contribution in [3.63, 3.8) is 0 Å². The van der Waals surface area contributed by atoms with Gasteiger partial charge in [-0.1, -0.05) is 60.7 Å². The SMILES string of the molecule is Fc1c(F)c(F)c([B-](c2c(F)c(F)c(F)c(F)c2F)(c2c(F)c(F)c(F)c(F)c2F)c2c(F)c(F)c(F)c(F)c2F)c(F)c1F.c1ccc(C[n+]2ccnc(Oc3ccc4ccccc4c3)c2)cc1. The first-order valence-electron chi connectivity index (χ1n) is 18.9. The van der Waals surface area contributed by atoms with E-state index in [1.807, 2.05) is 54.9 Å². The summed E-state index contributed by atoms with van der Waals surface area (Å²) >= 11 is 0. The predicted octanol–water partition coefficient (Wildman–Crippen LogP) is 10.2. The number of hydrogen-bond donors (Lipinski definition) is 0. The molecule has 0 amide bonds. The van der Waals surface area contributed by atoms with Gasteiger partial charge in [-0.2, -0.15) is 4.57 Å². The maximum Gasteiger partial charge on any atom is 0.285 e. The Bertz CT molecular complexity index is 2980. The number of hydrogen-bond acceptors (Lipinski definition) is 2. The van der Waals surface area contributed by atoms with Crippen LogP contribution in [0.4, 0.5) is 87.8 Å². The summed E-state index contributed by atoms with van der Waals surface area (Å²) in [4.78, 5) is 4.31. The molecule has 1 heterocycles. The molecule has 24 heteroatoms.